The van der Waals surface area contributed by atoms with Crippen molar-refractivity contribution in [3.8, 4) is 5.75 Å². The molecule has 0 aliphatic carbocycles. The highest BCUT2D eigenvalue weighted by Gasteiger charge is 2.13. The smallest absolute Gasteiger partial charge is 0.119 e. The van der Waals surface area contributed by atoms with E-state index in [-0.39, 0.29) is 0 Å². The van der Waals surface area contributed by atoms with Crippen molar-refractivity contribution < 1.29 is 9.47 Å². The third kappa shape index (κ3) is 4.56. The predicted molar refractivity (Wildman–Crippen MR) is 85.8 cm³/mol. The summed E-state index contributed by atoms with van der Waals surface area (Å²) in [6.45, 7) is 3.36. The summed E-state index contributed by atoms with van der Waals surface area (Å²) < 4.78 is 11.1. The summed E-state index contributed by atoms with van der Waals surface area (Å²) in [7, 11) is 0. The van der Waals surface area contributed by atoms with Crippen molar-refractivity contribution in [2.75, 3.05) is 13.2 Å². The third-order valence-corrected chi connectivity index (χ3v) is 4.63. The Kier molecular flexibility index (Phi) is 5.27. The summed E-state index contributed by atoms with van der Waals surface area (Å²) >= 11 is 1.80. The van der Waals surface area contributed by atoms with Crippen molar-refractivity contribution in [2.24, 2.45) is 0 Å². The lowest BCUT2D eigenvalue weighted by molar-refractivity contribution is 0.0777. The summed E-state index contributed by atoms with van der Waals surface area (Å²) in [5, 5.41) is 5.80. The van der Waals surface area contributed by atoms with Crippen LogP contribution in [0.4, 0.5) is 0 Å². The van der Waals surface area contributed by atoms with E-state index in [4.69, 9.17) is 9.47 Å². The molecular formula is C17H21NO2S. The average Bonchev–Trinajstić information content (AvgIpc) is 3.01. The van der Waals surface area contributed by atoms with Gasteiger partial charge < -0.3 is 14.8 Å². The first kappa shape index (κ1) is 14.6. The van der Waals surface area contributed by atoms with Gasteiger partial charge in [0.2, 0.25) is 0 Å². The standard InChI is InChI=1S/C17H21NO2S/c1-2-4-16(5-3-1)20-12-14-10-17(21-13-14)11-18-15-6-8-19-9-7-15/h1-5,10,13,15,18H,6-9,11-12H2. The number of hydrogen-bond donors (Lipinski definition) is 1. The Morgan fingerprint density at radius 1 is 1.19 bits per heavy atom. The van der Waals surface area contributed by atoms with E-state index < -0.39 is 0 Å². The fraction of sp³-hybridized carbons (Fsp3) is 0.412. The van der Waals surface area contributed by atoms with E-state index in [0.717, 1.165) is 38.3 Å². The molecule has 2 aromatic rings. The van der Waals surface area contributed by atoms with E-state index in [0.29, 0.717) is 12.6 Å². The van der Waals surface area contributed by atoms with E-state index in [9.17, 15) is 0 Å². The molecular weight excluding hydrogens is 282 g/mol. The van der Waals surface area contributed by atoms with Crippen LogP contribution in [0.2, 0.25) is 0 Å². The number of nitrogens with one attached hydrogen (secondary N) is 1. The largest absolute Gasteiger partial charge is 0.489 e. The first-order chi connectivity index (χ1) is 10.4. The molecule has 1 saturated heterocycles. The Labute approximate surface area is 129 Å². The average molecular weight is 303 g/mol. The fourth-order valence-corrected chi connectivity index (χ4v) is 3.25. The molecule has 21 heavy (non-hydrogen) atoms. The lowest BCUT2D eigenvalue weighted by atomic mass is 10.1. The molecule has 112 valence electrons. The zero-order valence-corrected chi connectivity index (χ0v) is 12.9. The van der Waals surface area contributed by atoms with Gasteiger partial charge in [-0.15, -0.1) is 11.3 Å². The Hall–Kier alpha value is -1.36. The fourth-order valence-electron chi connectivity index (χ4n) is 2.42. The second kappa shape index (κ2) is 7.59. The molecule has 3 nitrogen and oxygen atoms in total. The molecule has 2 heterocycles. The number of thiophene rings is 1. The van der Waals surface area contributed by atoms with Gasteiger partial charge in [0, 0.05) is 36.2 Å². The van der Waals surface area contributed by atoms with E-state index in [1.807, 2.05) is 30.3 Å². The van der Waals surface area contributed by atoms with Crippen LogP contribution in [-0.4, -0.2) is 19.3 Å². The van der Waals surface area contributed by atoms with Crippen LogP contribution in [0, 0.1) is 0 Å². The maximum Gasteiger partial charge on any atom is 0.119 e. The van der Waals surface area contributed by atoms with Gasteiger partial charge in [0.15, 0.2) is 0 Å². The third-order valence-electron chi connectivity index (χ3n) is 3.64. The second-order valence-corrected chi connectivity index (χ2v) is 6.29. The van der Waals surface area contributed by atoms with Crippen LogP contribution in [-0.2, 0) is 17.9 Å². The molecule has 0 bridgehead atoms. The van der Waals surface area contributed by atoms with Gasteiger partial charge >= 0.3 is 0 Å². The first-order valence-corrected chi connectivity index (χ1v) is 8.33. The highest BCUT2D eigenvalue weighted by Crippen LogP contribution is 2.18. The molecule has 1 aliphatic rings. The number of hydrogen-bond acceptors (Lipinski definition) is 4. The molecule has 0 spiro atoms. The van der Waals surface area contributed by atoms with Gasteiger partial charge in [-0.25, -0.2) is 0 Å². The van der Waals surface area contributed by atoms with E-state index >= 15 is 0 Å². The molecule has 4 heteroatoms. The van der Waals surface area contributed by atoms with Crippen molar-refractivity contribution in [3.63, 3.8) is 0 Å². The number of benzene rings is 1. The van der Waals surface area contributed by atoms with Gasteiger partial charge in [0.05, 0.1) is 0 Å². The van der Waals surface area contributed by atoms with E-state index in [1.165, 1.54) is 10.4 Å². The van der Waals surface area contributed by atoms with Crippen LogP contribution in [0.25, 0.3) is 0 Å². The molecule has 3 rings (SSSR count). The maximum atomic E-state index is 5.77. The molecule has 0 unspecified atom stereocenters. The van der Waals surface area contributed by atoms with Gasteiger partial charge in [0.1, 0.15) is 12.4 Å². The number of rotatable bonds is 6. The summed E-state index contributed by atoms with van der Waals surface area (Å²) in [6.07, 6.45) is 2.24. The topological polar surface area (TPSA) is 30.5 Å². The summed E-state index contributed by atoms with van der Waals surface area (Å²) in [4.78, 5) is 1.37. The van der Waals surface area contributed by atoms with Crippen LogP contribution in [0.1, 0.15) is 23.3 Å². The lowest BCUT2D eigenvalue weighted by Gasteiger charge is -2.22. The molecule has 1 aromatic heterocycles. The molecule has 1 fully saturated rings. The highest BCUT2D eigenvalue weighted by molar-refractivity contribution is 7.10. The molecule has 1 aliphatic heterocycles. The molecule has 1 N–H and O–H groups in total. The van der Waals surface area contributed by atoms with Gasteiger partial charge in [-0.3, -0.25) is 0 Å². The van der Waals surface area contributed by atoms with Crippen molar-refractivity contribution in [2.45, 2.75) is 32.0 Å². The zero-order valence-electron chi connectivity index (χ0n) is 12.1. The van der Waals surface area contributed by atoms with Crippen LogP contribution >= 0.6 is 11.3 Å². The van der Waals surface area contributed by atoms with Gasteiger partial charge in [-0.05, 0) is 36.4 Å². The summed E-state index contributed by atoms with van der Waals surface area (Å²) in [5.41, 5.74) is 1.24. The maximum absolute atomic E-state index is 5.77. The number of ether oxygens (including phenoxy) is 2. The molecule has 0 amide bonds. The molecule has 0 atom stereocenters. The minimum Gasteiger partial charge on any atom is -0.489 e. The minimum absolute atomic E-state index is 0.602. The summed E-state index contributed by atoms with van der Waals surface area (Å²) in [6, 6.07) is 12.8. The SMILES string of the molecule is c1ccc(OCc2csc(CNC3CCOCC3)c2)cc1. The summed E-state index contributed by atoms with van der Waals surface area (Å²) in [5.74, 6) is 0.922. The highest BCUT2D eigenvalue weighted by atomic mass is 32.1. The quantitative estimate of drug-likeness (QED) is 0.884. The molecule has 0 saturated carbocycles. The van der Waals surface area contributed by atoms with Crippen LogP contribution in [0.15, 0.2) is 41.8 Å². The van der Waals surface area contributed by atoms with Crippen molar-refractivity contribution in [1.82, 2.24) is 5.32 Å². The number of para-hydroxylation sites is 1. The monoisotopic (exact) mass is 303 g/mol. The Bertz CT molecular complexity index is 535. The molecule has 0 radical (unpaired) electrons. The Morgan fingerprint density at radius 2 is 2.00 bits per heavy atom. The second-order valence-electron chi connectivity index (χ2n) is 5.29. The normalized spacial score (nSPS) is 16.0. The first-order valence-electron chi connectivity index (χ1n) is 7.45. The minimum atomic E-state index is 0.602. The van der Waals surface area contributed by atoms with Crippen LogP contribution < -0.4 is 10.1 Å². The van der Waals surface area contributed by atoms with Crippen LogP contribution in [0.3, 0.4) is 0 Å². The molecule has 1 aromatic carbocycles. The predicted octanol–water partition coefficient (Wildman–Crippen LogP) is 3.60. The van der Waals surface area contributed by atoms with Crippen molar-refractivity contribution >= 4 is 11.3 Å². The van der Waals surface area contributed by atoms with Crippen LogP contribution in [0.5, 0.6) is 5.75 Å². The van der Waals surface area contributed by atoms with Gasteiger partial charge in [-0.2, -0.15) is 0 Å². The van der Waals surface area contributed by atoms with Crippen molar-refractivity contribution in [3.05, 3.63) is 52.2 Å². The Morgan fingerprint density at radius 3 is 2.81 bits per heavy atom. The van der Waals surface area contributed by atoms with Gasteiger partial charge in [-0.1, -0.05) is 18.2 Å². The van der Waals surface area contributed by atoms with E-state index in [2.05, 4.69) is 16.8 Å². The van der Waals surface area contributed by atoms with Crippen molar-refractivity contribution in [1.29, 1.82) is 0 Å². The zero-order chi connectivity index (χ0) is 14.3. The van der Waals surface area contributed by atoms with Gasteiger partial charge in [0.25, 0.3) is 0 Å². The van der Waals surface area contributed by atoms with E-state index in [1.54, 1.807) is 11.3 Å². The Balaban J connectivity index is 1.45. The lowest BCUT2D eigenvalue weighted by Crippen LogP contribution is -2.34.